The van der Waals surface area contributed by atoms with Gasteiger partial charge in [-0.2, -0.15) is 4.57 Å². The Bertz CT molecular complexity index is 1180. The monoisotopic (exact) mass is 451 g/mol. The lowest BCUT2D eigenvalue weighted by atomic mass is 10.1. The number of aryl methyl sites for hydroxylation is 1. The first kappa shape index (κ1) is 21.8. The van der Waals surface area contributed by atoms with Crippen LogP contribution in [0.1, 0.15) is 24.8 Å². The fourth-order valence-electron chi connectivity index (χ4n) is 3.14. The van der Waals surface area contributed by atoms with E-state index in [9.17, 15) is 17.8 Å². The van der Waals surface area contributed by atoms with Crippen molar-refractivity contribution in [2.24, 2.45) is 0 Å². The molecule has 2 aromatic carbocycles. The Balaban J connectivity index is 2.11. The van der Waals surface area contributed by atoms with Crippen LogP contribution in [0.3, 0.4) is 0 Å². The Kier molecular flexibility index (Phi) is 6.94. The molecule has 0 unspecified atom stereocenters. The molecule has 0 fully saturated rings. The number of aliphatic carboxylic acids is 1. The van der Waals surface area contributed by atoms with Crippen LogP contribution in [-0.2, 0) is 21.5 Å². The van der Waals surface area contributed by atoms with Gasteiger partial charge < -0.3 is 9.66 Å². The number of nitrogens with zero attached hydrogens (tertiary/aromatic N) is 1. The third kappa shape index (κ3) is 5.57. The molecule has 0 aliphatic rings. The quantitative estimate of drug-likeness (QED) is 0.392. The third-order valence-corrected chi connectivity index (χ3v) is 7.46. The average Bonchev–Trinajstić information content (AvgIpc) is 3.01. The number of fused-ring (bicyclic) bond motifs is 3. The number of benzene rings is 2. The normalized spacial score (nSPS) is 12.7. The molecule has 0 saturated carbocycles. The Morgan fingerprint density at radius 1 is 1.28 bits per heavy atom. The summed E-state index contributed by atoms with van der Waals surface area (Å²) in [6, 6.07) is 12.1. The van der Waals surface area contributed by atoms with Gasteiger partial charge in [-0.3, -0.25) is 4.79 Å². The summed E-state index contributed by atoms with van der Waals surface area (Å²) in [7, 11) is -4.28. The van der Waals surface area contributed by atoms with Crippen molar-refractivity contribution in [3.8, 4) is 0 Å². The summed E-state index contributed by atoms with van der Waals surface area (Å²) in [5.74, 6) is -1.30. The molecule has 1 heterocycles. The predicted octanol–water partition coefficient (Wildman–Crippen LogP) is 3.85. The van der Waals surface area contributed by atoms with E-state index in [2.05, 4.69) is 0 Å². The zero-order chi connectivity index (χ0) is 21.0. The number of rotatable bonds is 9. The number of carbonyl (C=O) groups is 1. The van der Waals surface area contributed by atoms with Crippen LogP contribution in [0, 0.1) is 0 Å². The van der Waals surface area contributed by atoms with Gasteiger partial charge >= 0.3 is 5.97 Å². The van der Waals surface area contributed by atoms with Gasteiger partial charge in [-0.05, 0) is 28.8 Å². The standard InChI is InChI=1S/C20H21NO5S3/c1-2-15(27-13-19(22)23)12-18-21(10-5-11-29(24,25)26)20-16-7-4-3-6-14(16)8-9-17(20)28-18/h3-4,6-9,12H,2,5,10-11,13H2,1H3,(H-,22,23,24,25,26)/b15-12+. The molecule has 3 rings (SSSR count). The average molecular weight is 452 g/mol. The molecule has 0 saturated heterocycles. The summed E-state index contributed by atoms with van der Waals surface area (Å²) in [6.45, 7) is 2.36. The van der Waals surface area contributed by atoms with Crippen LogP contribution in [0.5, 0.6) is 0 Å². The first-order valence-electron chi connectivity index (χ1n) is 9.11. The fourth-order valence-corrected chi connectivity index (χ4v) is 5.58. The molecule has 9 heteroatoms. The molecule has 1 aromatic heterocycles. The summed E-state index contributed by atoms with van der Waals surface area (Å²) in [5.41, 5.74) is 1.00. The summed E-state index contributed by atoms with van der Waals surface area (Å²) in [6.07, 6.45) is 2.89. The van der Waals surface area contributed by atoms with Crippen molar-refractivity contribution in [2.75, 3.05) is 11.5 Å². The van der Waals surface area contributed by atoms with Gasteiger partial charge in [0, 0.05) is 18.2 Å². The fraction of sp³-hybridized carbons (Fsp3) is 0.300. The second kappa shape index (κ2) is 9.25. The highest BCUT2D eigenvalue weighted by Crippen LogP contribution is 2.31. The van der Waals surface area contributed by atoms with Crippen LogP contribution in [-0.4, -0.2) is 35.6 Å². The van der Waals surface area contributed by atoms with Crippen LogP contribution in [0.2, 0.25) is 0 Å². The number of thiazole rings is 1. The SMILES string of the molecule is CC/C(=C\c1sc2ccc3ccccc3c2[n+]1CCCS(=O)(=O)[O-])SCC(=O)O. The molecule has 0 aliphatic heterocycles. The largest absolute Gasteiger partial charge is 0.748 e. The minimum atomic E-state index is -4.28. The summed E-state index contributed by atoms with van der Waals surface area (Å²) in [5, 5.41) is 12.0. The first-order valence-corrected chi connectivity index (χ1v) is 12.5. The number of thioether (sulfide) groups is 1. The van der Waals surface area contributed by atoms with E-state index < -0.39 is 21.8 Å². The molecule has 1 N–H and O–H groups in total. The summed E-state index contributed by atoms with van der Waals surface area (Å²) >= 11 is 2.86. The maximum atomic E-state index is 11.1. The second-order valence-electron chi connectivity index (χ2n) is 6.49. The van der Waals surface area contributed by atoms with Crippen molar-refractivity contribution in [2.45, 2.75) is 26.3 Å². The van der Waals surface area contributed by atoms with E-state index in [0.29, 0.717) is 13.0 Å². The predicted molar refractivity (Wildman–Crippen MR) is 117 cm³/mol. The van der Waals surface area contributed by atoms with Crippen molar-refractivity contribution in [1.29, 1.82) is 0 Å². The number of hydrogen-bond donors (Lipinski definition) is 1. The topological polar surface area (TPSA) is 98.4 Å². The highest BCUT2D eigenvalue weighted by Gasteiger charge is 2.22. The Hall–Kier alpha value is -1.94. The van der Waals surface area contributed by atoms with Gasteiger partial charge in [0.05, 0.1) is 21.3 Å². The molecular weight excluding hydrogens is 430 g/mol. The van der Waals surface area contributed by atoms with Gasteiger partial charge in [0.25, 0.3) is 5.01 Å². The maximum Gasteiger partial charge on any atom is 0.313 e. The number of carboxylic acid groups (broad SMARTS) is 1. The molecule has 0 aliphatic carbocycles. The van der Waals surface area contributed by atoms with Crippen LogP contribution in [0.25, 0.3) is 27.1 Å². The van der Waals surface area contributed by atoms with Gasteiger partial charge in [0.2, 0.25) is 5.52 Å². The van der Waals surface area contributed by atoms with Crippen molar-refractivity contribution < 1.29 is 27.4 Å². The van der Waals surface area contributed by atoms with Crippen molar-refractivity contribution in [3.05, 3.63) is 46.3 Å². The van der Waals surface area contributed by atoms with Crippen molar-refractivity contribution >= 4 is 66.3 Å². The van der Waals surface area contributed by atoms with Crippen LogP contribution < -0.4 is 4.57 Å². The minimum Gasteiger partial charge on any atom is -0.748 e. The van der Waals surface area contributed by atoms with Crippen molar-refractivity contribution in [1.82, 2.24) is 0 Å². The highest BCUT2D eigenvalue weighted by atomic mass is 32.2. The van der Waals surface area contributed by atoms with Gasteiger partial charge in [0.1, 0.15) is 4.70 Å². The first-order chi connectivity index (χ1) is 13.8. The van der Waals surface area contributed by atoms with Crippen LogP contribution in [0.4, 0.5) is 0 Å². The molecule has 0 amide bonds. The lowest BCUT2D eigenvalue weighted by Gasteiger charge is -2.05. The lowest BCUT2D eigenvalue weighted by Crippen LogP contribution is -2.36. The minimum absolute atomic E-state index is 0.0120. The highest BCUT2D eigenvalue weighted by molar-refractivity contribution is 8.03. The maximum absolute atomic E-state index is 11.1. The lowest BCUT2D eigenvalue weighted by molar-refractivity contribution is -0.667. The van der Waals surface area contributed by atoms with E-state index in [-0.39, 0.29) is 12.2 Å². The summed E-state index contributed by atoms with van der Waals surface area (Å²) in [4.78, 5) is 11.9. The Morgan fingerprint density at radius 2 is 2.03 bits per heavy atom. The van der Waals surface area contributed by atoms with Gasteiger partial charge in [-0.25, -0.2) is 8.42 Å². The molecule has 0 radical (unpaired) electrons. The molecule has 154 valence electrons. The number of carboxylic acids is 1. The van der Waals surface area contributed by atoms with Gasteiger partial charge in [0.15, 0.2) is 6.54 Å². The number of allylic oxidation sites excluding steroid dienone is 1. The zero-order valence-electron chi connectivity index (χ0n) is 15.8. The van der Waals surface area contributed by atoms with E-state index in [1.165, 1.54) is 11.8 Å². The molecule has 0 atom stereocenters. The molecule has 6 nitrogen and oxygen atoms in total. The smallest absolute Gasteiger partial charge is 0.313 e. The number of aromatic nitrogens is 1. The van der Waals surface area contributed by atoms with Crippen LogP contribution >= 0.6 is 23.1 Å². The van der Waals surface area contributed by atoms with E-state index >= 15 is 0 Å². The molecule has 0 bridgehead atoms. The Labute approximate surface area is 177 Å². The Morgan fingerprint density at radius 3 is 2.72 bits per heavy atom. The molecular formula is C20H21NO5S3. The summed E-state index contributed by atoms with van der Waals surface area (Å²) < 4.78 is 36.3. The van der Waals surface area contributed by atoms with Crippen LogP contribution in [0.15, 0.2) is 41.3 Å². The van der Waals surface area contributed by atoms with E-state index in [1.54, 1.807) is 11.3 Å². The van der Waals surface area contributed by atoms with Gasteiger partial charge in [-0.15, -0.1) is 11.8 Å². The molecule has 29 heavy (non-hydrogen) atoms. The van der Waals surface area contributed by atoms with E-state index in [1.807, 2.05) is 54.0 Å². The molecule has 3 aromatic rings. The third-order valence-electron chi connectivity index (χ3n) is 4.40. The van der Waals surface area contributed by atoms with Crippen molar-refractivity contribution in [3.63, 3.8) is 0 Å². The second-order valence-corrected chi connectivity index (χ2v) is 10.2. The zero-order valence-corrected chi connectivity index (χ0v) is 18.3. The number of hydrogen-bond acceptors (Lipinski definition) is 6. The molecule has 0 spiro atoms. The van der Waals surface area contributed by atoms with Gasteiger partial charge in [-0.1, -0.05) is 42.5 Å². The van der Waals surface area contributed by atoms with E-state index in [0.717, 1.165) is 30.9 Å². The van der Waals surface area contributed by atoms with E-state index in [4.69, 9.17) is 5.11 Å².